The Morgan fingerprint density at radius 1 is 1.12 bits per heavy atom. The summed E-state index contributed by atoms with van der Waals surface area (Å²) >= 11 is 0. The Morgan fingerprint density at radius 3 is 2.75 bits per heavy atom. The van der Waals surface area contributed by atoms with Gasteiger partial charge in [-0.25, -0.2) is 9.67 Å². The predicted octanol–water partition coefficient (Wildman–Crippen LogP) is 2.05. The molecule has 6 nitrogen and oxygen atoms in total. The van der Waals surface area contributed by atoms with Gasteiger partial charge in [-0.1, -0.05) is 30.3 Å². The highest BCUT2D eigenvalue weighted by Gasteiger charge is 2.04. The van der Waals surface area contributed by atoms with Crippen LogP contribution in [0.4, 0.5) is 0 Å². The van der Waals surface area contributed by atoms with Crippen LogP contribution in [-0.2, 0) is 17.9 Å². The number of pyridine rings is 1. The van der Waals surface area contributed by atoms with E-state index >= 15 is 0 Å². The highest BCUT2D eigenvalue weighted by molar-refractivity contribution is 5.91. The van der Waals surface area contributed by atoms with Crippen LogP contribution in [0.15, 0.2) is 67.5 Å². The van der Waals surface area contributed by atoms with Crippen molar-refractivity contribution in [3.63, 3.8) is 0 Å². The second kappa shape index (κ2) is 7.82. The summed E-state index contributed by atoms with van der Waals surface area (Å²) in [5.41, 5.74) is 3.04. The maximum absolute atomic E-state index is 12.0. The lowest BCUT2D eigenvalue weighted by Gasteiger charge is -2.09. The largest absolute Gasteiger partial charge is 0.348 e. The van der Waals surface area contributed by atoms with Gasteiger partial charge in [-0.3, -0.25) is 9.78 Å². The standard InChI is InChI=1S/C18H17N5O/c24-18(8-7-15-4-3-9-19-10-15)21-11-16-5-1-2-6-17(16)12-23-14-20-13-22-23/h1-10,13-14H,11-12H2,(H,21,24). The number of carbonyl (C=O) groups excluding carboxylic acids is 1. The fourth-order valence-corrected chi connectivity index (χ4v) is 2.26. The third-order valence-electron chi connectivity index (χ3n) is 3.48. The van der Waals surface area contributed by atoms with Crippen LogP contribution in [0, 0.1) is 0 Å². The number of rotatable bonds is 6. The van der Waals surface area contributed by atoms with E-state index in [-0.39, 0.29) is 5.91 Å². The predicted molar refractivity (Wildman–Crippen MR) is 90.7 cm³/mol. The van der Waals surface area contributed by atoms with Crippen LogP contribution < -0.4 is 5.32 Å². The van der Waals surface area contributed by atoms with Crippen molar-refractivity contribution in [3.05, 3.63) is 84.2 Å². The summed E-state index contributed by atoms with van der Waals surface area (Å²) < 4.78 is 1.75. The van der Waals surface area contributed by atoms with Gasteiger partial charge in [0.05, 0.1) is 6.54 Å². The molecule has 6 heteroatoms. The zero-order valence-electron chi connectivity index (χ0n) is 13.0. The maximum Gasteiger partial charge on any atom is 0.244 e. The number of hydrogen-bond acceptors (Lipinski definition) is 4. The summed E-state index contributed by atoms with van der Waals surface area (Å²) in [4.78, 5) is 19.9. The van der Waals surface area contributed by atoms with Crippen LogP contribution in [0.25, 0.3) is 6.08 Å². The van der Waals surface area contributed by atoms with Gasteiger partial charge in [0.2, 0.25) is 5.91 Å². The van der Waals surface area contributed by atoms with Gasteiger partial charge in [-0.05, 0) is 28.8 Å². The van der Waals surface area contributed by atoms with Crippen LogP contribution in [0.5, 0.6) is 0 Å². The minimum atomic E-state index is -0.144. The number of hydrogen-bond donors (Lipinski definition) is 1. The second-order valence-corrected chi connectivity index (χ2v) is 5.20. The van der Waals surface area contributed by atoms with E-state index in [0.29, 0.717) is 13.1 Å². The average Bonchev–Trinajstić information content (AvgIpc) is 3.13. The van der Waals surface area contributed by atoms with Crippen LogP contribution in [-0.4, -0.2) is 25.7 Å². The Hall–Kier alpha value is -3.28. The van der Waals surface area contributed by atoms with Crippen molar-refractivity contribution in [2.24, 2.45) is 0 Å². The average molecular weight is 319 g/mol. The number of aromatic nitrogens is 4. The highest BCUT2D eigenvalue weighted by Crippen LogP contribution is 2.10. The molecule has 0 aliphatic rings. The molecule has 1 amide bonds. The van der Waals surface area contributed by atoms with Gasteiger partial charge in [0, 0.05) is 25.0 Å². The fraction of sp³-hybridized carbons (Fsp3) is 0.111. The normalized spacial score (nSPS) is 10.8. The monoisotopic (exact) mass is 319 g/mol. The van der Waals surface area contributed by atoms with Crippen LogP contribution in [0.2, 0.25) is 0 Å². The molecule has 0 aliphatic carbocycles. The molecular weight excluding hydrogens is 302 g/mol. The lowest BCUT2D eigenvalue weighted by Crippen LogP contribution is -2.21. The van der Waals surface area contributed by atoms with E-state index in [0.717, 1.165) is 16.7 Å². The summed E-state index contributed by atoms with van der Waals surface area (Å²) in [6.45, 7) is 1.08. The summed E-state index contributed by atoms with van der Waals surface area (Å²) in [5.74, 6) is -0.144. The Kier molecular flexibility index (Phi) is 5.09. The minimum absolute atomic E-state index is 0.144. The first kappa shape index (κ1) is 15.6. The lowest BCUT2D eigenvalue weighted by molar-refractivity contribution is -0.116. The van der Waals surface area contributed by atoms with E-state index in [2.05, 4.69) is 20.4 Å². The summed E-state index contributed by atoms with van der Waals surface area (Å²) in [6, 6.07) is 11.7. The summed E-state index contributed by atoms with van der Waals surface area (Å²) in [5, 5.41) is 7.01. The van der Waals surface area contributed by atoms with Gasteiger partial charge >= 0.3 is 0 Å². The number of benzene rings is 1. The smallest absolute Gasteiger partial charge is 0.244 e. The van der Waals surface area contributed by atoms with Crippen LogP contribution >= 0.6 is 0 Å². The van der Waals surface area contributed by atoms with Crippen molar-refractivity contribution >= 4 is 12.0 Å². The van der Waals surface area contributed by atoms with Crippen molar-refractivity contribution < 1.29 is 4.79 Å². The third-order valence-corrected chi connectivity index (χ3v) is 3.48. The first-order chi connectivity index (χ1) is 11.8. The first-order valence-electron chi connectivity index (χ1n) is 7.56. The quantitative estimate of drug-likeness (QED) is 0.706. The van der Waals surface area contributed by atoms with E-state index in [4.69, 9.17) is 0 Å². The zero-order chi connectivity index (χ0) is 16.6. The van der Waals surface area contributed by atoms with Crippen molar-refractivity contribution in [3.8, 4) is 0 Å². The molecule has 0 radical (unpaired) electrons. The van der Waals surface area contributed by atoms with Gasteiger partial charge < -0.3 is 5.32 Å². The lowest BCUT2D eigenvalue weighted by atomic mass is 10.1. The Morgan fingerprint density at radius 2 is 2.00 bits per heavy atom. The van der Waals surface area contributed by atoms with Crippen molar-refractivity contribution in [2.45, 2.75) is 13.1 Å². The van der Waals surface area contributed by atoms with Crippen LogP contribution in [0.3, 0.4) is 0 Å². The van der Waals surface area contributed by atoms with Gasteiger partial charge in [-0.2, -0.15) is 5.10 Å². The molecule has 1 N–H and O–H groups in total. The number of amides is 1. The van der Waals surface area contributed by atoms with Crippen molar-refractivity contribution in [1.29, 1.82) is 0 Å². The molecule has 2 heterocycles. The van der Waals surface area contributed by atoms with Gasteiger partial charge in [-0.15, -0.1) is 0 Å². The molecular formula is C18H17N5O. The van der Waals surface area contributed by atoms with Gasteiger partial charge in [0.25, 0.3) is 0 Å². The number of carbonyl (C=O) groups is 1. The summed E-state index contributed by atoms with van der Waals surface area (Å²) in [7, 11) is 0. The molecule has 1 aromatic carbocycles. The van der Waals surface area contributed by atoms with Crippen LogP contribution in [0.1, 0.15) is 16.7 Å². The van der Waals surface area contributed by atoms with Crippen molar-refractivity contribution in [2.75, 3.05) is 0 Å². The van der Waals surface area contributed by atoms with Gasteiger partial charge in [0.1, 0.15) is 12.7 Å². The van der Waals surface area contributed by atoms with E-state index in [9.17, 15) is 4.79 Å². The molecule has 0 fully saturated rings. The van der Waals surface area contributed by atoms with Gasteiger partial charge in [0.15, 0.2) is 0 Å². The second-order valence-electron chi connectivity index (χ2n) is 5.20. The van der Waals surface area contributed by atoms with E-state index in [1.54, 1.807) is 29.5 Å². The molecule has 0 aliphatic heterocycles. The molecule has 0 bridgehead atoms. The first-order valence-corrected chi connectivity index (χ1v) is 7.56. The van der Waals surface area contributed by atoms with E-state index in [1.165, 1.54) is 12.4 Å². The molecule has 0 saturated heterocycles. The molecule has 3 aromatic rings. The highest BCUT2D eigenvalue weighted by atomic mass is 16.1. The molecule has 3 rings (SSSR count). The molecule has 120 valence electrons. The molecule has 0 unspecified atom stereocenters. The molecule has 0 spiro atoms. The zero-order valence-corrected chi connectivity index (χ0v) is 13.0. The maximum atomic E-state index is 12.0. The molecule has 0 atom stereocenters. The van der Waals surface area contributed by atoms with E-state index < -0.39 is 0 Å². The Balaban J connectivity index is 1.60. The Bertz CT molecular complexity index is 812. The van der Waals surface area contributed by atoms with Crippen molar-refractivity contribution in [1.82, 2.24) is 25.1 Å². The minimum Gasteiger partial charge on any atom is -0.348 e. The Labute approximate surface area is 139 Å². The fourth-order valence-electron chi connectivity index (χ4n) is 2.26. The third kappa shape index (κ3) is 4.36. The molecule has 2 aromatic heterocycles. The molecule has 0 saturated carbocycles. The number of nitrogens with one attached hydrogen (secondary N) is 1. The van der Waals surface area contributed by atoms with E-state index in [1.807, 2.05) is 36.4 Å². The SMILES string of the molecule is O=C(C=Cc1cccnc1)NCc1ccccc1Cn1cncn1. The topological polar surface area (TPSA) is 72.7 Å². The number of nitrogens with zero attached hydrogens (tertiary/aromatic N) is 4. The summed E-state index contributed by atoms with van der Waals surface area (Å²) in [6.07, 6.45) is 9.83. The molecule has 24 heavy (non-hydrogen) atoms.